The Morgan fingerprint density at radius 3 is 2.90 bits per heavy atom. The van der Waals surface area contributed by atoms with Gasteiger partial charge in [0.1, 0.15) is 5.75 Å². The first kappa shape index (κ1) is 18.9. The Morgan fingerprint density at radius 1 is 1.21 bits per heavy atom. The van der Waals surface area contributed by atoms with Gasteiger partial charge in [0.05, 0.1) is 34.9 Å². The third kappa shape index (κ3) is 3.77. The summed E-state index contributed by atoms with van der Waals surface area (Å²) in [5.41, 5.74) is 2.39. The van der Waals surface area contributed by atoms with E-state index < -0.39 is 0 Å². The maximum atomic E-state index is 12.6. The van der Waals surface area contributed by atoms with Crippen LogP contribution in [0.25, 0.3) is 22.2 Å². The Balaban J connectivity index is 1.66. The topological polar surface area (TPSA) is 92.8 Å². The summed E-state index contributed by atoms with van der Waals surface area (Å²) in [7, 11) is 1.60. The van der Waals surface area contributed by atoms with Crippen molar-refractivity contribution in [2.45, 2.75) is 13.0 Å². The van der Waals surface area contributed by atoms with Gasteiger partial charge in [0, 0.05) is 29.5 Å². The molecule has 1 aromatic carbocycles. The third-order valence-corrected chi connectivity index (χ3v) is 4.92. The van der Waals surface area contributed by atoms with Crippen molar-refractivity contribution in [3.8, 4) is 17.0 Å². The number of H-pyrrole nitrogens is 1. The molecule has 7 nitrogen and oxygen atoms in total. The number of benzene rings is 1. The average molecular weight is 408 g/mol. The highest BCUT2D eigenvalue weighted by Gasteiger charge is 2.14. The number of nitrogens with one attached hydrogen (secondary N) is 2. The maximum absolute atomic E-state index is 12.6. The number of nitrogens with zero attached hydrogens (tertiary/aromatic N) is 3. The fourth-order valence-electron chi connectivity index (χ4n) is 3.14. The number of halogens is 1. The minimum absolute atomic E-state index is 0.212. The molecular weight excluding hydrogens is 390 g/mol. The van der Waals surface area contributed by atoms with E-state index in [1.54, 1.807) is 43.9 Å². The number of rotatable bonds is 5. The van der Waals surface area contributed by atoms with Crippen LogP contribution in [0.1, 0.15) is 18.5 Å². The van der Waals surface area contributed by atoms with E-state index in [0.717, 1.165) is 10.9 Å². The molecule has 3 heterocycles. The summed E-state index contributed by atoms with van der Waals surface area (Å²) in [5.74, 6) is 1.06. The molecule has 0 aliphatic heterocycles. The van der Waals surface area contributed by atoms with Crippen LogP contribution < -0.4 is 15.6 Å². The van der Waals surface area contributed by atoms with Crippen molar-refractivity contribution in [1.82, 2.24) is 19.9 Å². The number of para-hydroxylation sites is 1. The van der Waals surface area contributed by atoms with E-state index >= 15 is 0 Å². The second kappa shape index (κ2) is 7.89. The summed E-state index contributed by atoms with van der Waals surface area (Å²) in [6.45, 7) is 1.88. The zero-order valence-corrected chi connectivity index (χ0v) is 16.6. The number of hydrogen-bond acceptors (Lipinski definition) is 6. The van der Waals surface area contributed by atoms with E-state index in [0.29, 0.717) is 33.5 Å². The molecule has 0 saturated heterocycles. The summed E-state index contributed by atoms with van der Waals surface area (Å²) in [6.07, 6.45) is 4.99. The second-order valence-corrected chi connectivity index (χ2v) is 6.87. The van der Waals surface area contributed by atoms with Gasteiger partial charge in [-0.3, -0.25) is 9.78 Å². The Kier molecular flexibility index (Phi) is 5.14. The van der Waals surface area contributed by atoms with Gasteiger partial charge in [0.25, 0.3) is 5.56 Å². The van der Waals surface area contributed by atoms with Gasteiger partial charge in [0.2, 0.25) is 5.95 Å². The zero-order valence-electron chi connectivity index (χ0n) is 15.8. The predicted molar refractivity (Wildman–Crippen MR) is 113 cm³/mol. The van der Waals surface area contributed by atoms with Crippen molar-refractivity contribution in [2.75, 3.05) is 12.4 Å². The predicted octanol–water partition coefficient (Wildman–Crippen LogP) is 4.22. The minimum atomic E-state index is -0.326. The van der Waals surface area contributed by atoms with E-state index in [4.69, 9.17) is 16.3 Å². The number of aromatic nitrogens is 4. The lowest BCUT2D eigenvalue weighted by atomic mass is 10.1. The van der Waals surface area contributed by atoms with Crippen molar-refractivity contribution in [2.24, 2.45) is 0 Å². The summed E-state index contributed by atoms with van der Waals surface area (Å²) in [5, 5.41) is 4.55. The fraction of sp³-hybridized carbons (Fsp3) is 0.143. The van der Waals surface area contributed by atoms with E-state index in [-0.39, 0.29) is 11.6 Å². The SMILES string of the molecule is COc1ccncc1-c1ccnc(N[C@@H](C)c2cc3cccc(Cl)c3[nH]c2=O)n1. The Morgan fingerprint density at radius 2 is 2.07 bits per heavy atom. The van der Waals surface area contributed by atoms with Gasteiger partial charge in [-0.15, -0.1) is 0 Å². The molecule has 2 N–H and O–H groups in total. The molecule has 8 heteroatoms. The lowest BCUT2D eigenvalue weighted by molar-refractivity contribution is 0.416. The van der Waals surface area contributed by atoms with E-state index in [1.807, 2.05) is 25.1 Å². The van der Waals surface area contributed by atoms with Crippen LogP contribution in [0.3, 0.4) is 0 Å². The molecule has 0 spiro atoms. The van der Waals surface area contributed by atoms with Crippen molar-refractivity contribution in [3.05, 3.63) is 75.9 Å². The van der Waals surface area contributed by atoms with Gasteiger partial charge in [-0.05, 0) is 31.2 Å². The molecular formula is C21H18ClN5O2. The van der Waals surface area contributed by atoms with Crippen LogP contribution in [-0.4, -0.2) is 27.0 Å². The van der Waals surface area contributed by atoms with Crippen molar-refractivity contribution >= 4 is 28.5 Å². The lowest BCUT2D eigenvalue weighted by Crippen LogP contribution is -2.20. The quantitative estimate of drug-likeness (QED) is 0.514. The monoisotopic (exact) mass is 407 g/mol. The van der Waals surface area contributed by atoms with Crippen molar-refractivity contribution in [3.63, 3.8) is 0 Å². The van der Waals surface area contributed by atoms with Crippen LogP contribution in [-0.2, 0) is 0 Å². The molecule has 0 fully saturated rings. The molecule has 0 saturated carbocycles. The number of methoxy groups -OCH3 is 1. The van der Waals surface area contributed by atoms with Gasteiger partial charge in [-0.25, -0.2) is 9.97 Å². The Labute approximate surface area is 171 Å². The Bertz CT molecular complexity index is 1240. The summed E-state index contributed by atoms with van der Waals surface area (Å²) >= 11 is 6.17. The number of anilines is 1. The molecule has 0 unspecified atom stereocenters. The van der Waals surface area contributed by atoms with E-state index in [1.165, 1.54) is 0 Å². The first-order valence-corrected chi connectivity index (χ1v) is 9.34. The second-order valence-electron chi connectivity index (χ2n) is 6.47. The number of hydrogen-bond donors (Lipinski definition) is 2. The van der Waals surface area contributed by atoms with Crippen LogP contribution in [0, 0.1) is 0 Å². The van der Waals surface area contributed by atoms with Crippen LogP contribution in [0.2, 0.25) is 5.02 Å². The first-order valence-electron chi connectivity index (χ1n) is 8.96. The largest absolute Gasteiger partial charge is 0.496 e. The zero-order chi connectivity index (χ0) is 20.4. The fourth-order valence-corrected chi connectivity index (χ4v) is 3.36. The van der Waals surface area contributed by atoms with Crippen molar-refractivity contribution in [1.29, 1.82) is 0 Å². The van der Waals surface area contributed by atoms with E-state index in [9.17, 15) is 4.79 Å². The molecule has 29 heavy (non-hydrogen) atoms. The van der Waals surface area contributed by atoms with Gasteiger partial charge in [-0.1, -0.05) is 23.7 Å². The van der Waals surface area contributed by atoms with Gasteiger partial charge < -0.3 is 15.0 Å². The highest BCUT2D eigenvalue weighted by Crippen LogP contribution is 2.28. The summed E-state index contributed by atoms with van der Waals surface area (Å²) < 4.78 is 5.38. The maximum Gasteiger partial charge on any atom is 0.253 e. The summed E-state index contributed by atoms with van der Waals surface area (Å²) in [4.78, 5) is 28.4. The normalized spacial score (nSPS) is 12.0. The van der Waals surface area contributed by atoms with Crippen molar-refractivity contribution < 1.29 is 4.74 Å². The number of fused-ring (bicyclic) bond motifs is 1. The average Bonchev–Trinajstić information content (AvgIpc) is 2.74. The molecule has 0 amide bonds. The number of pyridine rings is 2. The molecule has 3 aromatic heterocycles. The summed E-state index contributed by atoms with van der Waals surface area (Å²) in [6, 6.07) is 10.5. The lowest BCUT2D eigenvalue weighted by Gasteiger charge is -2.15. The molecule has 4 rings (SSSR count). The highest BCUT2D eigenvalue weighted by atomic mass is 35.5. The van der Waals surface area contributed by atoms with E-state index in [2.05, 4.69) is 25.3 Å². The van der Waals surface area contributed by atoms with Crippen LogP contribution in [0.5, 0.6) is 5.75 Å². The smallest absolute Gasteiger partial charge is 0.253 e. The molecule has 1 atom stereocenters. The van der Waals surface area contributed by atoms with Crippen LogP contribution >= 0.6 is 11.6 Å². The molecule has 0 aliphatic rings. The van der Waals surface area contributed by atoms with Gasteiger partial charge in [-0.2, -0.15) is 0 Å². The van der Waals surface area contributed by atoms with Gasteiger partial charge in [0.15, 0.2) is 0 Å². The number of aromatic amines is 1. The van der Waals surface area contributed by atoms with Crippen LogP contribution in [0.4, 0.5) is 5.95 Å². The number of ether oxygens (including phenoxy) is 1. The first-order chi connectivity index (χ1) is 14.1. The van der Waals surface area contributed by atoms with Gasteiger partial charge >= 0.3 is 0 Å². The molecule has 0 bridgehead atoms. The molecule has 4 aromatic rings. The molecule has 0 radical (unpaired) electrons. The Hall–Kier alpha value is -3.45. The minimum Gasteiger partial charge on any atom is -0.496 e. The van der Waals surface area contributed by atoms with Crippen LogP contribution in [0.15, 0.2) is 59.8 Å². The molecule has 146 valence electrons. The standard InChI is InChI=1S/C21H18ClN5O2/c1-12(14-10-13-4-3-5-16(22)19(13)27-20(14)28)25-21-24-9-6-17(26-21)15-11-23-8-7-18(15)29-2/h3-12H,1-2H3,(H,27,28)(H,24,25,26)/t12-/m0/s1. The highest BCUT2D eigenvalue weighted by molar-refractivity contribution is 6.35. The third-order valence-electron chi connectivity index (χ3n) is 4.60. The molecule has 0 aliphatic carbocycles.